The van der Waals surface area contributed by atoms with Crippen molar-refractivity contribution in [3.63, 3.8) is 0 Å². The molecule has 0 aromatic carbocycles. The van der Waals surface area contributed by atoms with Crippen LogP contribution in [0.2, 0.25) is 0 Å². The maximum Gasteiger partial charge on any atom is 0.277 e. The highest BCUT2D eigenvalue weighted by Crippen LogP contribution is 2.34. The van der Waals surface area contributed by atoms with Gasteiger partial charge in [-0.1, -0.05) is 19.8 Å². The van der Waals surface area contributed by atoms with Gasteiger partial charge in [-0.2, -0.15) is 5.10 Å². The summed E-state index contributed by atoms with van der Waals surface area (Å²) in [6.45, 7) is 2.22. The Hall–Kier alpha value is -2.02. The predicted octanol–water partition coefficient (Wildman–Crippen LogP) is 2.39. The lowest BCUT2D eigenvalue weighted by Crippen LogP contribution is -2.23. The van der Waals surface area contributed by atoms with Crippen LogP contribution < -0.4 is 10.9 Å². The third kappa shape index (κ3) is 3.50. The molecule has 2 heterocycles. The number of anilines is 1. The molecular formula is C16H20N4O2S. The van der Waals surface area contributed by atoms with Crippen LogP contribution in [0.3, 0.4) is 0 Å². The summed E-state index contributed by atoms with van der Waals surface area (Å²) in [4.78, 5) is 29.4. The van der Waals surface area contributed by atoms with Gasteiger partial charge in [-0.05, 0) is 31.2 Å². The van der Waals surface area contributed by atoms with E-state index < -0.39 is 0 Å². The lowest BCUT2D eigenvalue weighted by atomic mass is 9.88. The van der Waals surface area contributed by atoms with E-state index in [2.05, 4.69) is 22.3 Å². The van der Waals surface area contributed by atoms with Crippen molar-refractivity contribution in [1.29, 1.82) is 0 Å². The third-order valence-corrected chi connectivity index (χ3v) is 5.19. The molecule has 0 radical (unpaired) electrons. The highest BCUT2D eigenvalue weighted by molar-refractivity contribution is 7.15. The van der Waals surface area contributed by atoms with E-state index in [0.29, 0.717) is 5.13 Å². The van der Waals surface area contributed by atoms with Crippen LogP contribution >= 0.6 is 11.3 Å². The van der Waals surface area contributed by atoms with Gasteiger partial charge in [-0.25, -0.2) is 9.67 Å². The first-order valence-electron chi connectivity index (χ1n) is 7.91. The van der Waals surface area contributed by atoms with E-state index in [-0.39, 0.29) is 17.2 Å². The average molecular weight is 332 g/mol. The zero-order valence-corrected chi connectivity index (χ0v) is 14.2. The number of aromatic nitrogens is 3. The molecule has 7 heteroatoms. The van der Waals surface area contributed by atoms with Gasteiger partial charge in [0.05, 0.1) is 5.69 Å². The Kier molecular flexibility index (Phi) is 4.56. The van der Waals surface area contributed by atoms with Gasteiger partial charge in [0.15, 0.2) is 5.13 Å². The number of hydrogen-bond acceptors (Lipinski definition) is 5. The maximum absolute atomic E-state index is 12.2. The van der Waals surface area contributed by atoms with Crippen LogP contribution in [-0.4, -0.2) is 20.7 Å². The molecule has 0 aliphatic heterocycles. The number of amides is 1. The second-order valence-corrected chi connectivity index (χ2v) is 7.00. The van der Waals surface area contributed by atoms with Gasteiger partial charge in [0, 0.05) is 18.0 Å². The Morgan fingerprint density at radius 1 is 1.48 bits per heavy atom. The molecule has 6 nitrogen and oxygen atoms in total. The summed E-state index contributed by atoms with van der Waals surface area (Å²) in [7, 11) is 1.52. The fourth-order valence-electron chi connectivity index (χ4n) is 2.94. The molecule has 0 bridgehead atoms. The molecule has 1 aliphatic rings. The molecule has 2 aromatic heterocycles. The Labute approximate surface area is 138 Å². The molecule has 0 unspecified atom stereocenters. The SMILES string of the molecule is CCC[C@H]1CCc2nc(NC(=O)c3ccc(=O)n(C)n3)sc2C1. The zero-order valence-electron chi connectivity index (χ0n) is 13.3. The van der Waals surface area contributed by atoms with Gasteiger partial charge in [-0.3, -0.25) is 14.9 Å². The highest BCUT2D eigenvalue weighted by atomic mass is 32.1. The minimum Gasteiger partial charge on any atom is -0.296 e. The van der Waals surface area contributed by atoms with Crippen LogP contribution in [0.4, 0.5) is 5.13 Å². The van der Waals surface area contributed by atoms with Crippen LogP contribution in [0.15, 0.2) is 16.9 Å². The fraction of sp³-hybridized carbons (Fsp3) is 0.500. The summed E-state index contributed by atoms with van der Waals surface area (Å²) in [5, 5.41) is 7.37. The quantitative estimate of drug-likeness (QED) is 0.932. The highest BCUT2D eigenvalue weighted by Gasteiger charge is 2.23. The topological polar surface area (TPSA) is 76.9 Å². The summed E-state index contributed by atoms with van der Waals surface area (Å²) in [6.07, 6.45) is 5.70. The lowest BCUT2D eigenvalue weighted by molar-refractivity contribution is 0.102. The van der Waals surface area contributed by atoms with Gasteiger partial charge in [0.25, 0.3) is 11.5 Å². The molecule has 1 N–H and O–H groups in total. The Morgan fingerprint density at radius 3 is 3.04 bits per heavy atom. The van der Waals surface area contributed by atoms with Gasteiger partial charge >= 0.3 is 0 Å². The largest absolute Gasteiger partial charge is 0.296 e. The molecule has 0 fully saturated rings. The smallest absolute Gasteiger partial charge is 0.277 e. The van der Waals surface area contributed by atoms with Crippen molar-refractivity contribution >= 4 is 22.4 Å². The summed E-state index contributed by atoms with van der Waals surface area (Å²) in [6, 6.07) is 2.77. The molecule has 1 aliphatic carbocycles. The van der Waals surface area contributed by atoms with E-state index >= 15 is 0 Å². The van der Waals surface area contributed by atoms with Crippen LogP contribution in [0.1, 0.15) is 47.2 Å². The molecule has 0 saturated heterocycles. The predicted molar refractivity (Wildman–Crippen MR) is 90.0 cm³/mol. The van der Waals surface area contributed by atoms with Crippen molar-refractivity contribution in [2.24, 2.45) is 13.0 Å². The summed E-state index contributed by atoms with van der Waals surface area (Å²) in [5.74, 6) is 0.402. The van der Waals surface area contributed by atoms with Crippen molar-refractivity contribution < 1.29 is 4.79 Å². The third-order valence-electron chi connectivity index (χ3n) is 4.15. The van der Waals surface area contributed by atoms with E-state index in [9.17, 15) is 9.59 Å². The number of nitrogens with zero attached hydrogens (tertiary/aromatic N) is 3. The Morgan fingerprint density at radius 2 is 2.30 bits per heavy atom. The number of thiazole rings is 1. The molecule has 0 spiro atoms. The minimum atomic E-state index is -0.336. The summed E-state index contributed by atoms with van der Waals surface area (Å²) in [5.41, 5.74) is 1.09. The van der Waals surface area contributed by atoms with Crippen LogP contribution in [-0.2, 0) is 19.9 Å². The van der Waals surface area contributed by atoms with Crippen molar-refractivity contribution in [2.75, 3.05) is 5.32 Å². The van der Waals surface area contributed by atoms with E-state index in [1.165, 1.54) is 43.3 Å². The van der Waals surface area contributed by atoms with Gasteiger partial charge < -0.3 is 0 Å². The number of carbonyl (C=O) groups excluding carboxylic acids is 1. The zero-order chi connectivity index (χ0) is 16.4. The van der Waals surface area contributed by atoms with Gasteiger partial charge in [-0.15, -0.1) is 11.3 Å². The van der Waals surface area contributed by atoms with Gasteiger partial charge in [0.1, 0.15) is 5.69 Å². The number of hydrogen-bond donors (Lipinski definition) is 1. The minimum absolute atomic E-state index is 0.212. The molecule has 3 rings (SSSR count). The van der Waals surface area contributed by atoms with Crippen LogP contribution in [0, 0.1) is 5.92 Å². The van der Waals surface area contributed by atoms with Crippen molar-refractivity contribution in [3.8, 4) is 0 Å². The molecule has 1 amide bonds. The molecule has 1 atom stereocenters. The maximum atomic E-state index is 12.2. The monoisotopic (exact) mass is 332 g/mol. The molecule has 2 aromatic rings. The van der Waals surface area contributed by atoms with Crippen LogP contribution in [0.5, 0.6) is 0 Å². The molecule has 0 saturated carbocycles. The van der Waals surface area contributed by atoms with Crippen molar-refractivity contribution in [2.45, 2.75) is 39.0 Å². The molecule has 122 valence electrons. The number of rotatable bonds is 4. The van der Waals surface area contributed by atoms with E-state index in [1.807, 2.05) is 0 Å². The van der Waals surface area contributed by atoms with Crippen LogP contribution in [0.25, 0.3) is 0 Å². The second-order valence-electron chi connectivity index (χ2n) is 5.92. The van der Waals surface area contributed by atoms with E-state index in [0.717, 1.165) is 29.1 Å². The first-order valence-corrected chi connectivity index (χ1v) is 8.72. The standard InChI is InChI=1S/C16H20N4O2S/c1-3-4-10-5-6-11-13(9-10)23-16(17-11)18-15(22)12-7-8-14(21)20(2)19-12/h7-8,10H,3-6,9H2,1-2H3,(H,17,18,22)/t10-/m0/s1. The van der Waals surface area contributed by atoms with Crippen molar-refractivity contribution in [3.05, 3.63) is 38.8 Å². The van der Waals surface area contributed by atoms with E-state index in [4.69, 9.17) is 0 Å². The second kappa shape index (κ2) is 6.62. The number of carbonyl (C=O) groups is 1. The number of nitrogens with one attached hydrogen (secondary N) is 1. The number of fused-ring (bicyclic) bond motifs is 1. The lowest BCUT2D eigenvalue weighted by Gasteiger charge is -2.19. The van der Waals surface area contributed by atoms with E-state index in [1.54, 1.807) is 11.3 Å². The number of aryl methyl sites for hydroxylation is 2. The summed E-state index contributed by atoms with van der Waals surface area (Å²) >= 11 is 1.56. The normalized spacial score (nSPS) is 16.9. The average Bonchev–Trinajstić information content (AvgIpc) is 2.91. The Bertz CT molecular complexity index is 781. The Balaban J connectivity index is 1.72. The molecular weight excluding hydrogens is 312 g/mol. The van der Waals surface area contributed by atoms with Gasteiger partial charge in [0.2, 0.25) is 0 Å². The summed E-state index contributed by atoms with van der Waals surface area (Å²) < 4.78 is 1.15. The first kappa shape index (κ1) is 15.9. The fourth-order valence-corrected chi connectivity index (χ4v) is 4.05. The molecule has 23 heavy (non-hydrogen) atoms. The first-order chi connectivity index (χ1) is 11.1. The van der Waals surface area contributed by atoms with Crippen molar-refractivity contribution in [1.82, 2.24) is 14.8 Å².